The lowest BCUT2D eigenvalue weighted by atomic mass is 9.98. The zero-order valence-corrected chi connectivity index (χ0v) is 67.2. The van der Waals surface area contributed by atoms with Crippen molar-refractivity contribution in [2.75, 3.05) is 88.6 Å². The van der Waals surface area contributed by atoms with Gasteiger partial charge in [-0.25, -0.2) is 0 Å². The van der Waals surface area contributed by atoms with Crippen LogP contribution in [0.1, 0.15) is 165 Å². The average molecular weight is 1590 g/mol. The number of carbonyl (C=O) groups is 2. The van der Waals surface area contributed by atoms with Crippen LogP contribution in [-0.2, 0) is 9.59 Å². The lowest BCUT2D eigenvalue weighted by Crippen LogP contribution is -2.31. The number of unbranched alkanes of at least 4 members (excludes halogenated alkanes) is 18. The first-order chi connectivity index (χ1) is 58.2. The van der Waals surface area contributed by atoms with Crippen molar-refractivity contribution in [3.05, 3.63) is 279 Å². The Labute approximate surface area is 689 Å². The van der Waals surface area contributed by atoms with E-state index < -0.39 is 0 Å². The number of amides is 2. The molecule has 10 rings (SSSR count). The third kappa shape index (κ3) is 26.4. The van der Waals surface area contributed by atoms with Crippen molar-refractivity contribution in [3.63, 3.8) is 0 Å². The molecule has 2 heterocycles. The summed E-state index contributed by atoms with van der Waals surface area (Å²) in [5, 5.41) is 22.0. The Hall–Kier alpha value is -13.2. The summed E-state index contributed by atoms with van der Waals surface area (Å²) < 4.78 is 24.7. The van der Waals surface area contributed by atoms with E-state index >= 15 is 9.59 Å². The highest BCUT2D eigenvalue weighted by Crippen LogP contribution is 2.48. The lowest BCUT2D eigenvalue weighted by molar-refractivity contribution is -0.124. The Morgan fingerprint density at radius 2 is 0.424 bits per heavy atom. The predicted octanol–water partition coefficient (Wildman–Crippen LogP) is 26.5. The van der Waals surface area contributed by atoms with E-state index in [9.17, 15) is 0 Å². The number of carbonyl (C=O) groups excluding carboxylic acids is 2. The van der Waals surface area contributed by atoms with Gasteiger partial charge in [0.2, 0.25) is 0 Å². The van der Waals surface area contributed by atoms with E-state index in [2.05, 4.69) is 167 Å². The minimum atomic E-state index is -0.238. The monoisotopic (exact) mass is 1590 g/mol. The van der Waals surface area contributed by atoms with Gasteiger partial charge >= 0.3 is 0 Å². The molecule has 0 unspecified atom stereocenters. The molecule has 0 fully saturated rings. The van der Waals surface area contributed by atoms with Gasteiger partial charge in [0.15, 0.2) is 0 Å². The zero-order valence-electron chi connectivity index (χ0n) is 67.2. The van der Waals surface area contributed by atoms with E-state index in [-0.39, 0.29) is 11.8 Å². The Balaban J connectivity index is 0.922. The number of nitrogens with zero attached hydrogens (tertiary/aromatic N) is 22. The van der Waals surface area contributed by atoms with E-state index in [4.69, 9.17) is 52.1 Å². The minimum absolute atomic E-state index is 0.238. The topological polar surface area (TPSA) is 377 Å². The lowest BCUT2D eigenvalue weighted by Gasteiger charge is -2.26. The van der Waals surface area contributed by atoms with Gasteiger partial charge in [-0.1, -0.05) is 181 Å². The molecule has 0 spiro atoms. The van der Waals surface area contributed by atoms with Crippen LogP contribution in [-0.4, -0.2) is 100 Å². The molecule has 118 heavy (non-hydrogen) atoms. The van der Waals surface area contributed by atoms with E-state index in [1.54, 1.807) is 9.80 Å². The molecule has 8 aromatic rings. The van der Waals surface area contributed by atoms with E-state index in [1.807, 2.05) is 97.1 Å². The molecule has 0 radical (unpaired) electrons. The highest BCUT2D eigenvalue weighted by atomic mass is 16.5. The third-order valence-corrected chi connectivity index (χ3v) is 20.6. The molecule has 2 amide bonds. The van der Waals surface area contributed by atoms with Crippen molar-refractivity contribution in [2.24, 2.45) is 30.7 Å². The number of benzene rings is 8. The summed E-state index contributed by atoms with van der Waals surface area (Å²) in [4.78, 5) is 56.5. The molecule has 0 saturated heterocycles. The van der Waals surface area contributed by atoms with Crippen molar-refractivity contribution in [3.8, 4) is 45.3 Å². The van der Waals surface area contributed by atoms with Gasteiger partial charge in [0.05, 0.1) is 49.0 Å². The Bertz CT molecular complexity index is 4400. The van der Waals surface area contributed by atoms with Gasteiger partial charge in [0.1, 0.15) is 23.0 Å². The van der Waals surface area contributed by atoms with E-state index in [1.165, 1.54) is 0 Å². The summed E-state index contributed by atoms with van der Waals surface area (Å²) >= 11 is 0. The molecule has 2 aliphatic heterocycles. The van der Waals surface area contributed by atoms with Gasteiger partial charge in [-0.15, -0.1) is 0 Å². The second-order valence-electron chi connectivity index (χ2n) is 28.9. The maximum absolute atomic E-state index is 15.6. The predicted molar refractivity (Wildman–Crippen MR) is 467 cm³/mol. The van der Waals surface area contributed by atoms with Crippen LogP contribution in [0.4, 0.5) is 34.1 Å². The summed E-state index contributed by atoms with van der Waals surface area (Å²) in [6, 6.07) is 65.4. The standard InChI is InChI=1S/C90H104N22O6/c91-103-97-57-13-1-7-19-63-109-87(73-29-25-69(26-30-73)71-33-37-75(38-34-71)111(77-41-49-81(50-42-77)115-65-21-9-3-15-59-99-105-93)78-43-51-82(52-44-78)116-66-22-10-4-16-60-100-106-94)85-86(89(109)113)88(110(90(85)114)64-20-8-2-14-58-98-104-92)74-31-27-70(28-32-74)72-35-39-76(40-36-72)112(79-45-53-83(54-46-79)117-67-23-11-5-17-61-101-107-95)80-47-55-84(56-48-80)118-68-24-12-6-18-62-102-108-96/h25-56H,1-24,57-68H2. The largest absolute Gasteiger partial charge is 0.494 e. The van der Waals surface area contributed by atoms with Crippen molar-refractivity contribution < 1.29 is 28.5 Å². The number of anilines is 6. The van der Waals surface area contributed by atoms with Crippen LogP contribution in [0.3, 0.4) is 0 Å². The number of ether oxygens (including phenoxy) is 4. The fourth-order valence-electron chi connectivity index (χ4n) is 14.5. The highest BCUT2D eigenvalue weighted by Gasteiger charge is 2.48. The smallest absolute Gasteiger partial charge is 0.261 e. The maximum atomic E-state index is 15.6. The molecule has 610 valence electrons. The molecule has 8 aromatic carbocycles. The highest BCUT2D eigenvalue weighted by molar-refractivity contribution is 6.30. The fourth-order valence-corrected chi connectivity index (χ4v) is 14.5. The van der Waals surface area contributed by atoms with Gasteiger partial charge in [-0.3, -0.25) is 9.59 Å². The van der Waals surface area contributed by atoms with Crippen LogP contribution in [0.5, 0.6) is 23.0 Å². The van der Waals surface area contributed by atoms with Crippen LogP contribution in [0.2, 0.25) is 0 Å². The Kier molecular flexibility index (Phi) is 36.6. The molecular formula is C90H104N22O6. The van der Waals surface area contributed by atoms with Gasteiger partial charge in [-0.05, 0) is 265 Å². The second-order valence-corrected chi connectivity index (χ2v) is 28.9. The van der Waals surface area contributed by atoms with Gasteiger partial charge < -0.3 is 38.5 Å². The number of azide groups is 6. The van der Waals surface area contributed by atoms with E-state index in [0.717, 1.165) is 219 Å². The summed E-state index contributed by atoms with van der Waals surface area (Å²) in [5.41, 5.74) is 65.1. The zero-order chi connectivity index (χ0) is 82.4. The van der Waals surface area contributed by atoms with Crippen molar-refractivity contribution >= 4 is 57.3 Å². The number of fused-ring (bicyclic) bond motifs is 1. The minimum Gasteiger partial charge on any atom is -0.494 e. The normalized spacial score (nSPS) is 12.0. The molecule has 28 nitrogen and oxygen atoms in total. The quantitative estimate of drug-likeness (QED) is 0.0152. The number of hydrogen-bond acceptors (Lipinski definition) is 14. The second kappa shape index (κ2) is 49.6. The van der Waals surface area contributed by atoms with Crippen LogP contribution >= 0.6 is 0 Å². The summed E-state index contributed by atoms with van der Waals surface area (Å²) in [6.07, 6.45) is 20.6. The van der Waals surface area contributed by atoms with Gasteiger partial charge in [0.25, 0.3) is 11.8 Å². The van der Waals surface area contributed by atoms with E-state index in [0.29, 0.717) is 127 Å². The summed E-state index contributed by atoms with van der Waals surface area (Å²) in [7, 11) is 0. The summed E-state index contributed by atoms with van der Waals surface area (Å²) in [6.45, 7) is 5.80. The molecule has 2 aliphatic rings. The molecule has 0 N–H and O–H groups in total. The molecular weight excluding hydrogens is 1490 g/mol. The maximum Gasteiger partial charge on any atom is 0.261 e. The van der Waals surface area contributed by atoms with Crippen molar-refractivity contribution in [2.45, 2.75) is 154 Å². The number of hydrogen-bond donors (Lipinski definition) is 0. The summed E-state index contributed by atoms with van der Waals surface area (Å²) in [5.74, 6) is 2.58. The van der Waals surface area contributed by atoms with Gasteiger partial charge in [0, 0.05) is 116 Å². The molecule has 0 atom stereocenters. The van der Waals surface area contributed by atoms with Crippen LogP contribution in [0, 0.1) is 0 Å². The van der Waals surface area contributed by atoms with Crippen molar-refractivity contribution in [1.82, 2.24) is 9.80 Å². The van der Waals surface area contributed by atoms with Crippen LogP contribution in [0.15, 0.2) is 236 Å². The Morgan fingerprint density at radius 1 is 0.237 bits per heavy atom. The SMILES string of the molecule is [N-]=[N+]=NCCCCCCOc1ccc(N(c2ccc(OCCCCCCN=[N+]=[N-])cc2)c2ccc(-c3ccc(C4=C5C(=O)N(CCCCCCN=[N+]=[N-])C(c6ccc(-c7ccc(N(c8ccc(OCCCCCCN=[N+]=[N-])cc8)c8ccc(OCCCCCCN=[N+]=[N-])cc8)cc7)cc6)=C5C(=O)N4CCCCCCN=[N+]=[N-])cc3)cc2)cc1. The van der Waals surface area contributed by atoms with Crippen molar-refractivity contribution in [1.29, 1.82) is 0 Å². The third-order valence-electron chi connectivity index (χ3n) is 20.6. The van der Waals surface area contributed by atoms with Gasteiger partial charge in [-0.2, -0.15) is 0 Å². The molecule has 0 aliphatic carbocycles. The molecule has 0 saturated carbocycles. The molecule has 28 heteroatoms. The van der Waals surface area contributed by atoms with Crippen LogP contribution < -0.4 is 28.7 Å². The first kappa shape index (κ1) is 87.2. The Morgan fingerprint density at radius 3 is 0.644 bits per heavy atom. The molecule has 0 aromatic heterocycles. The van der Waals surface area contributed by atoms with Crippen LogP contribution in [0.25, 0.3) is 96.3 Å². The first-order valence-corrected chi connectivity index (χ1v) is 41.4. The molecule has 0 bridgehead atoms. The number of rotatable bonds is 56. The average Bonchev–Trinajstić information content (AvgIpc) is 1.56. The fraction of sp³-hybridized carbons (Fsp3) is 0.400. The first-order valence-electron chi connectivity index (χ1n) is 41.4.